The Morgan fingerprint density at radius 2 is 2.14 bits per heavy atom. The average Bonchev–Trinajstić information content (AvgIpc) is 2.72. The zero-order chi connectivity index (χ0) is 9.97. The van der Waals surface area contributed by atoms with Crippen LogP contribution < -0.4 is 0 Å². The van der Waals surface area contributed by atoms with Crippen molar-refractivity contribution in [2.75, 3.05) is 0 Å². The number of thiophene rings is 2. The summed E-state index contributed by atoms with van der Waals surface area (Å²) < 4.78 is 0.839. The van der Waals surface area contributed by atoms with Gasteiger partial charge in [0.15, 0.2) is 0 Å². The van der Waals surface area contributed by atoms with E-state index in [1.54, 1.807) is 22.7 Å². The second-order valence-corrected chi connectivity index (χ2v) is 5.83. The molecule has 0 aliphatic carbocycles. The van der Waals surface area contributed by atoms with E-state index in [-0.39, 0.29) is 0 Å². The monoisotopic (exact) mass is 240 g/mol. The molecule has 72 valence electrons. The van der Waals surface area contributed by atoms with Gasteiger partial charge in [-0.1, -0.05) is 17.7 Å². The molecule has 0 fully saturated rings. The van der Waals surface area contributed by atoms with Crippen molar-refractivity contribution in [3.63, 3.8) is 0 Å². The Kier molecular flexibility index (Phi) is 3.06. The van der Waals surface area contributed by atoms with Gasteiger partial charge in [-0.2, -0.15) is 0 Å². The molecule has 0 bridgehead atoms. The van der Waals surface area contributed by atoms with E-state index >= 15 is 0 Å². The number of halogens is 1. The van der Waals surface area contributed by atoms with Crippen LogP contribution in [-0.4, -0.2) is 0 Å². The zero-order valence-electron chi connectivity index (χ0n) is 7.66. The van der Waals surface area contributed by atoms with Crippen LogP contribution in [0.4, 0.5) is 0 Å². The second-order valence-electron chi connectivity index (χ2n) is 2.97. The first kappa shape index (κ1) is 9.97. The summed E-state index contributed by atoms with van der Waals surface area (Å²) in [5.41, 5.74) is 1.26. The summed E-state index contributed by atoms with van der Waals surface area (Å²) in [7, 11) is 0. The lowest BCUT2D eigenvalue weighted by Gasteiger charge is -1.83. The third kappa shape index (κ3) is 2.47. The minimum absolute atomic E-state index is 0.839. The molecule has 0 saturated heterocycles. The summed E-state index contributed by atoms with van der Waals surface area (Å²) in [6.07, 6.45) is 4.21. The Labute approximate surface area is 96.5 Å². The number of rotatable bonds is 2. The van der Waals surface area contributed by atoms with Crippen molar-refractivity contribution in [1.29, 1.82) is 0 Å². The molecule has 2 heterocycles. The third-order valence-electron chi connectivity index (χ3n) is 1.78. The Morgan fingerprint density at radius 1 is 1.29 bits per heavy atom. The molecule has 0 aliphatic heterocycles. The van der Waals surface area contributed by atoms with Gasteiger partial charge in [0.2, 0.25) is 0 Å². The van der Waals surface area contributed by atoms with E-state index in [1.807, 2.05) is 12.1 Å². The van der Waals surface area contributed by atoms with Gasteiger partial charge < -0.3 is 0 Å². The van der Waals surface area contributed by atoms with E-state index in [1.165, 1.54) is 15.3 Å². The maximum absolute atomic E-state index is 5.83. The highest BCUT2D eigenvalue weighted by Gasteiger charge is 1.94. The first-order chi connectivity index (χ1) is 6.74. The van der Waals surface area contributed by atoms with Crippen molar-refractivity contribution >= 4 is 46.4 Å². The summed E-state index contributed by atoms with van der Waals surface area (Å²) in [4.78, 5) is 2.53. The topological polar surface area (TPSA) is 0 Å². The standard InChI is InChI=1S/C11H9ClS2/c1-8-6-9(7-13-8)2-3-10-4-5-11(12)14-10/h2-7H,1H3/b3-2-. The minimum Gasteiger partial charge on any atom is -0.149 e. The molecule has 0 aromatic carbocycles. The van der Waals surface area contributed by atoms with Crippen molar-refractivity contribution < 1.29 is 0 Å². The summed E-state index contributed by atoms with van der Waals surface area (Å²) in [5.74, 6) is 0. The van der Waals surface area contributed by atoms with Gasteiger partial charge in [0.25, 0.3) is 0 Å². The summed E-state index contributed by atoms with van der Waals surface area (Å²) in [5, 5.41) is 2.15. The van der Waals surface area contributed by atoms with Crippen molar-refractivity contribution in [2.24, 2.45) is 0 Å². The largest absolute Gasteiger partial charge is 0.149 e. The Morgan fingerprint density at radius 3 is 2.71 bits per heavy atom. The lowest BCUT2D eigenvalue weighted by Crippen LogP contribution is -1.60. The maximum atomic E-state index is 5.83. The van der Waals surface area contributed by atoms with Gasteiger partial charge in [0, 0.05) is 9.75 Å². The molecule has 0 atom stereocenters. The second kappa shape index (κ2) is 4.30. The predicted octanol–water partition coefficient (Wildman–Crippen LogP) is 4.94. The smallest absolute Gasteiger partial charge is 0.0934 e. The Hall–Kier alpha value is -0.570. The van der Waals surface area contributed by atoms with Crippen LogP contribution in [0.5, 0.6) is 0 Å². The normalized spacial score (nSPS) is 11.3. The highest BCUT2D eigenvalue weighted by Crippen LogP contribution is 2.23. The molecule has 0 saturated carbocycles. The fourth-order valence-electron chi connectivity index (χ4n) is 1.15. The van der Waals surface area contributed by atoms with E-state index in [0.29, 0.717) is 0 Å². The summed E-state index contributed by atoms with van der Waals surface area (Å²) in [6.45, 7) is 2.12. The first-order valence-electron chi connectivity index (χ1n) is 4.22. The lowest BCUT2D eigenvalue weighted by molar-refractivity contribution is 1.63. The number of hydrogen-bond acceptors (Lipinski definition) is 2. The molecular weight excluding hydrogens is 232 g/mol. The van der Waals surface area contributed by atoms with Crippen molar-refractivity contribution in [1.82, 2.24) is 0 Å². The molecule has 0 N–H and O–H groups in total. The molecule has 3 heteroatoms. The molecular formula is C11H9ClS2. The molecule has 0 unspecified atom stereocenters. The van der Waals surface area contributed by atoms with Crippen molar-refractivity contribution in [3.8, 4) is 0 Å². The van der Waals surface area contributed by atoms with Crippen LogP contribution in [0.2, 0.25) is 4.34 Å². The van der Waals surface area contributed by atoms with Gasteiger partial charge in [-0.3, -0.25) is 0 Å². The van der Waals surface area contributed by atoms with E-state index in [0.717, 1.165) is 4.34 Å². The highest BCUT2D eigenvalue weighted by atomic mass is 35.5. The third-order valence-corrected chi connectivity index (χ3v) is 3.86. The van der Waals surface area contributed by atoms with Crippen molar-refractivity contribution in [3.05, 3.63) is 43.2 Å². The zero-order valence-corrected chi connectivity index (χ0v) is 10.0. The Balaban J connectivity index is 2.14. The van der Waals surface area contributed by atoms with Crippen LogP contribution in [0.1, 0.15) is 15.3 Å². The number of hydrogen-bond donors (Lipinski definition) is 0. The fourth-order valence-corrected chi connectivity index (χ4v) is 2.78. The van der Waals surface area contributed by atoms with Crippen LogP contribution >= 0.6 is 34.3 Å². The molecule has 2 rings (SSSR count). The van der Waals surface area contributed by atoms with Crippen molar-refractivity contribution in [2.45, 2.75) is 6.92 Å². The quantitative estimate of drug-likeness (QED) is 0.697. The molecule has 0 spiro atoms. The van der Waals surface area contributed by atoms with Gasteiger partial charge in [0.05, 0.1) is 4.34 Å². The molecule has 0 aliphatic rings. The summed E-state index contributed by atoms with van der Waals surface area (Å²) >= 11 is 9.20. The molecule has 14 heavy (non-hydrogen) atoms. The first-order valence-corrected chi connectivity index (χ1v) is 6.30. The molecule has 0 nitrogen and oxygen atoms in total. The van der Waals surface area contributed by atoms with E-state index in [2.05, 4.69) is 30.5 Å². The van der Waals surface area contributed by atoms with E-state index < -0.39 is 0 Å². The van der Waals surface area contributed by atoms with Gasteiger partial charge in [-0.25, -0.2) is 0 Å². The SMILES string of the molecule is Cc1cc(/C=C\c2ccc(Cl)s2)cs1. The van der Waals surface area contributed by atoms with Gasteiger partial charge in [-0.15, -0.1) is 22.7 Å². The van der Waals surface area contributed by atoms with Crippen LogP contribution in [0.15, 0.2) is 23.6 Å². The van der Waals surface area contributed by atoms with Crippen LogP contribution in [0, 0.1) is 6.92 Å². The molecule has 2 aromatic rings. The maximum Gasteiger partial charge on any atom is 0.0934 e. The Bertz CT molecular complexity index is 409. The van der Waals surface area contributed by atoms with E-state index in [4.69, 9.17) is 11.6 Å². The molecule has 0 radical (unpaired) electrons. The minimum atomic E-state index is 0.839. The lowest BCUT2D eigenvalue weighted by atomic mass is 10.3. The fraction of sp³-hybridized carbons (Fsp3) is 0.0909. The predicted molar refractivity (Wildman–Crippen MR) is 67.3 cm³/mol. The van der Waals surface area contributed by atoms with E-state index in [9.17, 15) is 0 Å². The van der Waals surface area contributed by atoms with Gasteiger partial charge in [0.1, 0.15) is 0 Å². The van der Waals surface area contributed by atoms with Crippen LogP contribution in [-0.2, 0) is 0 Å². The molecule has 2 aromatic heterocycles. The summed E-state index contributed by atoms with van der Waals surface area (Å²) in [6, 6.07) is 6.13. The van der Waals surface area contributed by atoms with Crippen LogP contribution in [0.3, 0.4) is 0 Å². The number of aryl methyl sites for hydroxylation is 1. The van der Waals surface area contributed by atoms with Crippen LogP contribution in [0.25, 0.3) is 12.2 Å². The average molecular weight is 241 g/mol. The highest BCUT2D eigenvalue weighted by molar-refractivity contribution is 7.17. The van der Waals surface area contributed by atoms with Gasteiger partial charge >= 0.3 is 0 Å². The molecule has 0 amide bonds. The van der Waals surface area contributed by atoms with Gasteiger partial charge in [-0.05, 0) is 42.1 Å².